The largest absolute Gasteiger partial charge is 0.395 e. The van der Waals surface area contributed by atoms with Crippen LogP contribution in [0.15, 0.2) is 48.5 Å². The molecule has 0 spiro atoms. The van der Waals surface area contributed by atoms with Crippen molar-refractivity contribution in [2.45, 2.75) is 44.2 Å². The average molecular weight is 338 g/mol. The SMILES string of the molecule is N[C@@H](CO)[C@H](O)c1cccc(C#CCCCCCc2ccccc2)n1. The third-order valence-corrected chi connectivity index (χ3v) is 4.02. The molecule has 4 nitrogen and oxygen atoms in total. The lowest BCUT2D eigenvalue weighted by Gasteiger charge is -2.15. The summed E-state index contributed by atoms with van der Waals surface area (Å²) in [5.74, 6) is 6.16. The van der Waals surface area contributed by atoms with Crippen molar-refractivity contribution in [2.24, 2.45) is 5.73 Å². The first-order chi connectivity index (χ1) is 12.2. The molecule has 0 aliphatic carbocycles. The van der Waals surface area contributed by atoms with Crippen LogP contribution in [0.4, 0.5) is 0 Å². The highest BCUT2D eigenvalue weighted by Gasteiger charge is 2.17. The molecule has 2 aromatic rings. The number of hydrogen-bond acceptors (Lipinski definition) is 4. The van der Waals surface area contributed by atoms with Gasteiger partial charge >= 0.3 is 0 Å². The molecule has 2 atom stereocenters. The molecule has 0 aliphatic rings. The van der Waals surface area contributed by atoms with E-state index in [-0.39, 0.29) is 6.61 Å². The van der Waals surface area contributed by atoms with E-state index in [1.807, 2.05) is 12.1 Å². The van der Waals surface area contributed by atoms with Crippen LogP contribution in [-0.4, -0.2) is 27.8 Å². The molecule has 25 heavy (non-hydrogen) atoms. The van der Waals surface area contributed by atoms with E-state index in [0.29, 0.717) is 11.4 Å². The number of nitrogens with zero attached hydrogens (tertiary/aromatic N) is 1. The van der Waals surface area contributed by atoms with E-state index in [2.05, 4.69) is 41.1 Å². The second-order valence-electron chi connectivity index (χ2n) is 6.09. The van der Waals surface area contributed by atoms with Gasteiger partial charge in [-0.15, -0.1) is 0 Å². The van der Waals surface area contributed by atoms with Crippen molar-refractivity contribution in [1.29, 1.82) is 0 Å². The summed E-state index contributed by atoms with van der Waals surface area (Å²) in [5, 5.41) is 19.0. The van der Waals surface area contributed by atoms with Crippen LogP contribution in [0.3, 0.4) is 0 Å². The van der Waals surface area contributed by atoms with Gasteiger partial charge in [-0.1, -0.05) is 48.7 Å². The molecule has 132 valence electrons. The minimum Gasteiger partial charge on any atom is -0.395 e. The van der Waals surface area contributed by atoms with Gasteiger partial charge in [0.25, 0.3) is 0 Å². The first-order valence-corrected chi connectivity index (χ1v) is 8.75. The highest BCUT2D eigenvalue weighted by atomic mass is 16.3. The van der Waals surface area contributed by atoms with Crippen LogP contribution in [0.25, 0.3) is 0 Å². The first-order valence-electron chi connectivity index (χ1n) is 8.75. The Balaban J connectivity index is 1.74. The van der Waals surface area contributed by atoms with Gasteiger partial charge in [-0.25, -0.2) is 4.98 Å². The molecule has 2 rings (SSSR count). The Bertz CT molecular complexity index is 692. The van der Waals surface area contributed by atoms with Crippen molar-refractivity contribution in [3.63, 3.8) is 0 Å². The lowest BCUT2D eigenvalue weighted by Crippen LogP contribution is -2.32. The summed E-state index contributed by atoms with van der Waals surface area (Å²) in [7, 11) is 0. The van der Waals surface area contributed by atoms with Crippen LogP contribution >= 0.6 is 0 Å². The number of rotatable bonds is 8. The van der Waals surface area contributed by atoms with Crippen molar-refractivity contribution in [2.75, 3.05) is 6.61 Å². The number of hydrogen-bond donors (Lipinski definition) is 3. The van der Waals surface area contributed by atoms with E-state index < -0.39 is 12.1 Å². The van der Waals surface area contributed by atoms with Crippen molar-refractivity contribution in [1.82, 2.24) is 4.98 Å². The van der Waals surface area contributed by atoms with Gasteiger partial charge in [0.1, 0.15) is 11.8 Å². The molecule has 0 bridgehead atoms. The molecule has 0 aliphatic heterocycles. The molecule has 1 aromatic heterocycles. The van der Waals surface area contributed by atoms with E-state index in [9.17, 15) is 5.11 Å². The third kappa shape index (κ3) is 6.67. The molecule has 0 radical (unpaired) electrons. The van der Waals surface area contributed by atoms with Gasteiger partial charge in [0.2, 0.25) is 0 Å². The molecule has 0 unspecified atom stereocenters. The number of unbranched alkanes of at least 4 members (excludes halogenated alkanes) is 3. The highest BCUT2D eigenvalue weighted by molar-refractivity contribution is 5.29. The van der Waals surface area contributed by atoms with E-state index in [1.54, 1.807) is 12.1 Å². The quantitative estimate of drug-likeness (QED) is 0.510. The molecule has 0 saturated carbocycles. The Morgan fingerprint density at radius 3 is 2.56 bits per heavy atom. The van der Waals surface area contributed by atoms with Crippen molar-refractivity contribution >= 4 is 0 Å². The van der Waals surface area contributed by atoms with E-state index in [1.165, 1.54) is 12.0 Å². The summed E-state index contributed by atoms with van der Waals surface area (Å²) in [6, 6.07) is 15.1. The van der Waals surface area contributed by atoms with Crippen LogP contribution in [0.2, 0.25) is 0 Å². The summed E-state index contributed by atoms with van der Waals surface area (Å²) < 4.78 is 0. The monoisotopic (exact) mass is 338 g/mol. The third-order valence-electron chi connectivity index (χ3n) is 4.02. The minimum atomic E-state index is -0.982. The summed E-state index contributed by atoms with van der Waals surface area (Å²) in [6.07, 6.45) is 4.36. The van der Waals surface area contributed by atoms with Crippen LogP contribution in [0.5, 0.6) is 0 Å². The number of pyridine rings is 1. The fourth-order valence-corrected chi connectivity index (χ4v) is 2.52. The summed E-state index contributed by atoms with van der Waals surface area (Å²) in [4.78, 5) is 4.30. The van der Waals surface area contributed by atoms with Crippen LogP contribution in [0.1, 0.15) is 48.7 Å². The maximum atomic E-state index is 9.98. The predicted molar refractivity (Wildman–Crippen MR) is 99.8 cm³/mol. The molecule has 0 saturated heterocycles. The molecule has 1 heterocycles. The lowest BCUT2D eigenvalue weighted by molar-refractivity contribution is 0.106. The van der Waals surface area contributed by atoms with Crippen LogP contribution in [0, 0.1) is 11.8 Å². The number of benzene rings is 1. The van der Waals surface area contributed by atoms with E-state index >= 15 is 0 Å². The van der Waals surface area contributed by atoms with Crippen LogP contribution in [-0.2, 0) is 6.42 Å². The standard InChI is InChI=1S/C21H26N2O2/c22-19(16-24)21(25)20-15-9-14-18(23-20)13-8-3-1-2-5-10-17-11-6-4-7-12-17/h4,6-7,9,11-12,14-15,19,21,24-25H,1-3,5,10,16,22H2/t19-,21-/m0/s1. The van der Waals surface area contributed by atoms with Gasteiger partial charge in [0.05, 0.1) is 18.3 Å². The van der Waals surface area contributed by atoms with Gasteiger partial charge in [-0.3, -0.25) is 0 Å². The molecular formula is C21H26N2O2. The fraction of sp³-hybridized carbons (Fsp3) is 0.381. The van der Waals surface area contributed by atoms with Gasteiger partial charge in [0, 0.05) is 6.42 Å². The maximum Gasteiger partial charge on any atom is 0.113 e. The number of aryl methyl sites for hydroxylation is 1. The summed E-state index contributed by atoms with van der Waals surface area (Å²) in [6.45, 7) is -0.290. The highest BCUT2D eigenvalue weighted by Crippen LogP contribution is 2.13. The number of aliphatic hydroxyl groups is 2. The van der Waals surface area contributed by atoms with Gasteiger partial charge < -0.3 is 15.9 Å². The van der Waals surface area contributed by atoms with E-state index in [4.69, 9.17) is 10.8 Å². The normalized spacial score (nSPS) is 12.9. The fourth-order valence-electron chi connectivity index (χ4n) is 2.52. The molecule has 4 heteroatoms. The zero-order valence-corrected chi connectivity index (χ0v) is 14.4. The Kier molecular flexibility index (Phi) is 8.14. The lowest BCUT2D eigenvalue weighted by atomic mass is 10.1. The number of aromatic nitrogens is 1. The summed E-state index contributed by atoms with van der Waals surface area (Å²) in [5.41, 5.74) is 8.07. The molecule has 0 amide bonds. The number of aliphatic hydroxyl groups excluding tert-OH is 2. The van der Waals surface area contributed by atoms with Gasteiger partial charge in [0.15, 0.2) is 0 Å². The molecule has 1 aromatic carbocycles. The smallest absolute Gasteiger partial charge is 0.113 e. The van der Waals surface area contributed by atoms with Gasteiger partial charge in [-0.2, -0.15) is 0 Å². The zero-order chi connectivity index (χ0) is 17.9. The Morgan fingerprint density at radius 1 is 1.00 bits per heavy atom. The van der Waals surface area contributed by atoms with Crippen molar-refractivity contribution in [3.8, 4) is 11.8 Å². The first kappa shape index (κ1) is 19.1. The van der Waals surface area contributed by atoms with Crippen molar-refractivity contribution in [3.05, 3.63) is 65.5 Å². The molecular weight excluding hydrogens is 312 g/mol. The topological polar surface area (TPSA) is 79.4 Å². The maximum absolute atomic E-state index is 9.98. The predicted octanol–water partition coefficient (Wildman–Crippen LogP) is 2.59. The van der Waals surface area contributed by atoms with Crippen LogP contribution < -0.4 is 5.73 Å². The Morgan fingerprint density at radius 2 is 1.80 bits per heavy atom. The number of nitrogens with two attached hydrogens (primary N) is 1. The zero-order valence-electron chi connectivity index (χ0n) is 14.4. The van der Waals surface area contributed by atoms with E-state index in [0.717, 1.165) is 25.7 Å². The average Bonchev–Trinajstić information content (AvgIpc) is 2.67. The molecule has 4 N–H and O–H groups in total. The Labute approximate surface area is 149 Å². The second kappa shape index (κ2) is 10.6. The summed E-state index contributed by atoms with van der Waals surface area (Å²) >= 11 is 0. The second-order valence-corrected chi connectivity index (χ2v) is 6.09. The van der Waals surface area contributed by atoms with Crippen molar-refractivity contribution < 1.29 is 10.2 Å². The van der Waals surface area contributed by atoms with Gasteiger partial charge in [-0.05, 0) is 42.9 Å². The minimum absolute atomic E-state index is 0.290. The molecule has 0 fully saturated rings. The Hall–Kier alpha value is -2.19.